The molecule has 8 heteroatoms. The maximum Gasteiger partial charge on any atom is 0.410 e. The number of nitrogens with zero attached hydrogens (tertiary/aromatic N) is 3. The predicted octanol–water partition coefficient (Wildman–Crippen LogP) is 1.60. The lowest BCUT2D eigenvalue weighted by Gasteiger charge is -2.35. The van der Waals surface area contributed by atoms with Crippen LogP contribution in [0, 0.1) is 0 Å². The van der Waals surface area contributed by atoms with Crippen molar-refractivity contribution in [2.24, 2.45) is 4.99 Å². The molecule has 0 aliphatic carbocycles. The summed E-state index contributed by atoms with van der Waals surface area (Å²) < 4.78 is 5.44. The number of hydrogen-bond acceptors (Lipinski definition) is 5. The molecule has 2 aliphatic heterocycles. The summed E-state index contributed by atoms with van der Waals surface area (Å²) in [6, 6.07) is 0. The summed E-state index contributed by atoms with van der Waals surface area (Å²) in [6.45, 7) is 11.7. The van der Waals surface area contributed by atoms with Gasteiger partial charge in [-0.25, -0.2) is 4.79 Å². The first-order valence-corrected chi connectivity index (χ1v) is 10.7. The third-order valence-corrected chi connectivity index (χ3v) is 5.89. The van der Waals surface area contributed by atoms with Gasteiger partial charge in [-0.05, 0) is 39.4 Å². The first kappa shape index (κ1) is 21.2. The Kier molecular flexibility index (Phi) is 8.34. The van der Waals surface area contributed by atoms with Gasteiger partial charge in [0.2, 0.25) is 0 Å². The Hall–Kier alpha value is -1.15. The molecule has 1 unspecified atom stereocenters. The van der Waals surface area contributed by atoms with E-state index in [-0.39, 0.29) is 6.09 Å². The average molecular weight is 386 g/mol. The molecule has 0 aromatic carbocycles. The summed E-state index contributed by atoms with van der Waals surface area (Å²) in [5, 5.41) is 7.53. The zero-order valence-electron chi connectivity index (χ0n) is 16.7. The Bertz CT molecular complexity index is 467. The molecule has 0 aromatic heterocycles. The minimum absolute atomic E-state index is 0.204. The van der Waals surface area contributed by atoms with Gasteiger partial charge in [-0.15, -0.1) is 0 Å². The third kappa shape index (κ3) is 7.61. The first-order valence-electron chi connectivity index (χ1n) is 9.64. The van der Waals surface area contributed by atoms with Crippen molar-refractivity contribution >= 4 is 23.8 Å². The van der Waals surface area contributed by atoms with Gasteiger partial charge in [0, 0.05) is 58.1 Å². The fourth-order valence-corrected chi connectivity index (χ4v) is 4.25. The van der Waals surface area contributed by atoms with Crippen molar-refractivity contribution in [3.63, 3.8) is 0 Å². The van der Waals surface area contributed by atoms with E-state index in [0.717, 1.165) is 57.0 Å². The molecule has 1 amide bonds. The zero-order valence-corrected chi connectivity index (χ0v) is 17.5. The fourth-order valence-electron chi connectivity index (χ4n) is 3.05. The number of thioether (sulfide) groups is 1. The Morgan fingerprint density at radius 1 is 1.23 bits per heavy atom. The topological polar surface area (TPSA) is 69.2 Å². The Labute approximate surface area is 162 Å². The quantitative estimate of drug-likeness (QED) is 0.553. The van der Waals surface area contributed by atoms with Gasteiger partial charge in [0.25, 0.3) is 0 Å². The molecule has 26 heavy (non-hydrogen) atoms. The number of amides is 1. The summed E-state index contributed by atoms with van der Waals surface area (Å²) in [5.41, 5.74) is -0.433. The van der Waals surface area contributed by atoms with Gasteiger partial charge in [-0.2, -0.15) is 11.8 Å². The van der Waals surface area contributed by atoms with Crippen molar-refractivity contribution in [3.05, 3.63) is 0 Å². The van der Waals surface area contributed by atoms with Crippen LogP contribution in [0.15, 0.2) is 4.99 Å². The van der Waals surface area contributed by atoms with Crippen LogP contribution in [0.4, 0.5) is 4.79 Å². The van der Waals surface area contributed by atoms with Crippen LogP contribution in [0.1, 0.15) is 33.6 Å². The van der Waals surface area contributed by atoms with Crippen molar-refractivity contribution in [2.75, 3.05) is 58.6 Å². The van der Waals surface area contributed by atoms with Gasteiger partial charge >= 0.3 is 6.09 Å². The highest BCUT2D eigenvalue weighted by Gasteiger charge is 2.25. The lowest BCUT2D eigenvalue weighted by molar-refractivity contribution is 0.0147. The van der Waals surface area contributed by atoms with Crippen LogP contribution in [0.5, 0.6) is 0 Å². The second kappa shape index (κ2) is 10.3. The number of ether oxygens (including phenoxy) is 1. The van der Waals surface area contributed by atoms with Crippen molar-refractivity contribution in [1.82, 2.24) is 20.4 Å². The number of hydrogen-bond donors (Lipinski definition) is 2. The molecule has 0 spiro atoms. The highest BCUT2D eigenvalue weighted by atomic mass is 32.2. The fraction of sp³-hybridized carbons (Fsp3) is 0.889. The molecule has 0 aromatic rings. The molecule has 2 rings (SSSR count). The number of nitrogens with one attached hydrogen (secondary N) is 2. The number of carbonyl (C=O) groups is 1. The predicted molar refractivity (Wildman–Crippen MR) is 109 cm³/mol. The Morgan fingerprint density at radius 2 is 1.96 bits per heavy atom. The number of carbonyl (C=O) groups excluding carboxylic acids is 1. The lowest BCUT2D eigenvalue weighted by Crippen LogP contribution is -2.51. The molecule has 2 fully saturated rings. The van der Waals surface area contributed by atoms with E-state index in [1.165, 1.54) is 18.6 Å². The standard InChI is InChI=1S/C18H35N5O2S/c1-18(2,3)25-17(24)23-11-9-22(10-12-23)8-7-20-16(19-4)21-14-15-6-5-13-26-15/h15H,5-14H2,1-4H3,(H2,19,20,21). The highest BCUT2D eigenvalue weighted by molar-refractivity contribution is 8.00. The average Bonchev–Trinajstić information content (AvgIpc) is 3.10. The maximum absolute atomic E-state index is 12.1. The molecule has 2 aliphatic rings. The van der Waals surface area contributed by atoms with Crippen LogP contribution in [-0.4, -0.2) is 91.3 Å². The largest absolute Gasteiger partial charge is 0.444 e. The smallest absolute Gasteiger partial charge is 0.410 e. The molecule has 0 radical (unpaired) electrons. The zero-order chi connectivity index (χ0) is 19.0. The number of guanidine groups is 1. The van der Waals surface area contributed by atoms with Gasteiger partial charge < -0.3 is 20.3 Å². The number of piperazine rings is 1. The Balaban J connectivity index is 1.59. The summed E-state index contributed by atoms with van der Waals surface area (Å²) in [7, 11) is 1.82. The van der Waals surface area contributed by atoms with Crippen LogP contribution >= 0.6 is 11.8 Å². The minimum Gasteiger partial charge on any atom is -0.444 e. The van der Waals surface area contributed by atoms with Gasteiger partial charge in [0.05, 0.1) is 0 Å². The van der Waals surface area contributed by atoms with E-state index in [4.69, 9.17) is 4.74 Å². The van der Waals surface area contributed by atoms with E-state index in [0.29, 0.717) is 0 Å². The van der Waals surface area contributed by atoms with E-state index in [9.17, 15) is 4.79 Å². The van der Waals surface area contributed by atoms with Crippen LogP contribution in [0.25, 0.3) is 0 Å². The molecular formula is C18H35N5O2S. The molecule has 1 atom stereocenters. The molecule has 2 heterocycles. The van der Waals surface area contributed by atoms with Gasteiger partial charge in [-0.3, -0.25) is 9.89 Å². The summed E-state index contributed by atoms with van der Waals surface area (Å²) in [4.78, 5) is 20.6. The summed E-state index contributed by atoms with van der Waals surface area (Å²) in [5.74, 6) is 2.16. The normalized spacial score (nSPS) is 22.4. The van der Waals surface area contributed by atoms with Crippen LogP contribution < -0.4 is 10.6 Å². The van der Waals surface area contributed by atoms with Gasteiger partial charge in [0.1, 0.15) is 5.60 Å². The molecule has 2 N–H and O–H groups in total. The van der Waals surface area contributed by atoms with E-state index in [2.05, 4.69) is 32.3 Å². The van der Waals surface area contributed by atoms with Gasteiger partial charge in [0.15, 0.2) is 5.96 Å². The van der Waals surface area contributed by atoms with E-state index >= 15 is 0 Å². The SMILES string of the molecule is CN=C(NCCN1CCN(C(=O)OC(C)(C)C)CC1)NCC1CCCS1. The van der Waals surface area contributed by atoms with Crippen molar-refractivity contribution in [1.29, 1.82) is 0 Å². The molecule has 2 saturated heterocycles. The van der Waals surface area contributed by atoms with Crippen molar-refractivity contribution in [3.8, 4) is 0 Å². The van der Waals surface area contributed by atoms with Crippen LogP contribution in [0.2, 0.25) is 0 Å². The first-order chi connectivity index (χ1) is 12.4. The van der Waals surface area contributed by atoms with E-state index in [1.807, 2.05) is 27.8 Å². The maximum atomic E-state index is 12.1. The molecule has 0 bridgehead atoms. The molecular weight excluding hydrogens is 350 g/mol. The summed E-state index contributed by atoms with van der Waals surface area (Å²) in [6.07, 6.45) is 2.43. The second-order valence-corrected chi connectivity index (χ2v) is 9.23. The number of aliphatic imine (C=N–C) groups is 1. The highest BCUT2D eigenvalue weighted by Crippen LogP contribution is 2.25. The molecule has 7 nitrogen and oxygen atoms in total. The van der Waals surface area contributed by atoms with Gasteiger partial charge in [-0.1, -0.05) is 0 Å². The van der Waals surface area contributed by atoms with E-state index in [1.54, 1.807) is 4.90 Å². The van der Waals surface area contributed by atoms with Crippen molar-refractivity contribution in [2.45, 2.75) is 44.5 Å². The minimum atomic E-state index is -0.433. The van der Waals surface area contributed by atoms with E-state index < -0.39 is 5.60 Å². The van der Waals surface area contributed by atoms with Crippen LogP contribution in [-0.2, 0) is 4.74 Å². The molecule has 0 saturated carbocycles. The summed E-state index contributed by atoms with van der Waals surface area (Å²) >= 11 is 2.05. The molecule has 150 valence electrons. The Morgan fingerprint density at radius 3 is 2.54 bits per heavy atom. The third-order valence-electron chi connectivity index (χ3n) is 4.49. The second-order valence-electron chi connectivity index (χ2n) is 7.82. The lowest BCUT2D eigenvalue weighted by atomic mass is 10.2. The number of rotatable bonds is 5. The van der Waals surface area contributed by atoms with Crippen molar-refractivity contribution < 1.29 is 9.53 Å². The monoisotopic (exact) mass is 385 g/mol. The van der Waals surface area contributed by atoms with Crippen LogP contribution in [0.3, 0.4) is 0 Å².